The Morgan fingerprint density at radius 1 is 1.03 bits per heavy atom. The number of nitrogens with zero attached hydrogens (tertiary/aromatic N) is 3. The number of nitrogens with one attached hydrogen (secondary N) is 2. The molecule has 0 bridgehead atoms. The van der Waals surface area contributed by atoms with Crippen molar-refractivity contribution in [1.82, 2.24) is 15.4 Å². The maximum Gasteiger partial charge on any atom is 0.271 e. The molecule has 3 aromatic carbocycles. The van der Waals surface area contributed by atoms with Crippen LogP contribution in [0.1, 0.15) is 10.4 Å². The largest absolute Gasteiger partial charge is 0.436 e. The molecule has 32 heavy (non-hydrogen) atoms. The lowest BCUT2D eigenvalue weighted by molar-refractivity contribution is -0.384. The van der Waals surface area contributed by atoms with Crippen molar-refractivity contribution in [3.63, 3.8) is 0 Å². The highest BCUT2D eigenvalue weighted by Crippen LogP contribution is 2.21. The molecule has 2 heterocycles. The maximum absolute atomic E-state index is 12.6. The van der Waals surface area contributed by atoms with Gasteiger partial charge in [-0.3, -0.25) is 14.9 Å². The number of amides is 1. The number of rotatable bonds is 4. The fourth-order valence-electron chi connectivity index (χ4n) is 3.33. The van der Waals surface area contributed by atoms with Gasteiger partial charge < -0.3 is 9.40 Å². The molecule has 0 aliphatic carbocycles. The highest BCUT2D eigenvalue weighted by Gasteiger charge is 2.13. The van der Waals surface area contributed by atoms with E-state index in [1.165, 1.54) is 24.3 Å². The molecule has 9 nitrogen and oxygen atoms in total. The van der Waals surface area contributed by atoms with Gasteiger partial charge in [0.15, 0.2) is 0 Å². The second-order valence-electron chi connectivity index (χ2n) is 6.97. The highest BCUT2D eigenvalue weighted by atomic mass is 16.6. The number of hydrogen-bond donors (Lipinski definition) is 2. The van der Waals surface area contributed by atoms with Gasteiger partial charge in [-0.25, -0.2) is 10.4 Å². The molecule has 5 rings (SSSR count). The monoisotopic (exact) mass is 425 g/mol. The summed E-state index contributed by atoms with van der Waals surface area (Å²) in [5.41, 5.74) is 5.24. The Labute approximate surface area is 180 Å². The maximum atomic E-state index is 12.6. The van der Waals surface area contributed by atoms with Crippen LogP contribution in [-0.4, -0.2) is 20.8 Å². The zero-order chi connectivity index (χ0) is 22.1. The van der Waals surface area contributed by atoms with Crippen LogP contribution < -0.4 is 11.0 Å². The van der Waals surface area contributed by atoms with Crippen molar-refractivity contribution in [2.75, 3.05) is 0 Å². The number of imidazole rings is 1. The van der Waals surface area contributed by atoms with Gasteiger partial charge in [0, 0.05) is 23.1 Å². The lowest BCUT2D eigenvalue weighted by Crippen LogP contribution is -2.22. The Bertz CT molecular complexity index is 1530. The minimum Gasteiger partial charge on any atom is -0.436 e. The van der Waals surface area contributed by atoms with Gasteiger partial charge in [0.1, 0.15) is 11.4 Å². The minimum absolute atomic E-state index is 0.106. The first kappa shape index (κ1) is 19.2. The quantitative estimate of drug-likeness (QED) is 0.331. The molecule has 0 aliphatic rings. The van der Waals surface area contributed by atoms with E-state index in [1.807, 2.05) is 48.5 Å². The molecule has 0 fully saturated rings. The smallest absolute Gasteiger partial charge is 0.271 e. The van der Waals surface area contributed by atoms with E-state index in [1.54, 1.807) is 6.07 Å². The first-order chi connectivity index (χ1) is 15.6. The van der Waals surface area contributed by atoms with Crippen LogP contribution in [0.3, 0.4) is 0 Å². The summed E-state index contributed by atoms with van der Waals surface area (Å²) < 4.78 is 5.94. The predicted molar refractivity (Wildman–Crippen MR) is 117 cm³/mol. The Balaban J connectivity index is 1.60. The number of carbonyl (C=O) groups is 1. The highest BCUT2D eigenvalue weighted by molar-refractivity contribution is 5.94. The van der Waals surface area contributed by atoms with Crippen molar-refractivity contribution in [3.05, 3.63) is 100 Å². The van der Waals surface area contributed by atoms with Crippen LogP contribution in [0.5, 0.6) is 0 Å². The Kier molecular flexibility index (Phi) is 4.68. The van der Waals surface area contributed by atoms with Crippen LogP contribution in [0, 0.1) is 10.1 Å². The molecule has 0 atom stereocenters. The number of nitro benzene ring substituents is 1. The van der Waals surface area contributed by atoms with E-state index in [0.717, 1.165) is 16.4 Å². The average Bonchev–Trinajstić information content (AvgIpc) is 3.26. The van der Waals surface area contributed by atoms with Gasteiger partial charge in [-0.2, -0.15) is 0 Å². The van der Waals surface area contributed by atoms with Gasteiger partial charge in [0.2, 0.25) is 5.55 Å². The third-order valence-corrected chi connectivity index (χ3v) is 4.88. The predicted octanol–water partition coefficient (Wildman–Crippen LogP) is 4.13. The standard InChI is InChI=1S/C23H15N5O4/c29-22(15-7-5-8-16(12-15)28(30)31)26-27-23-17(13-14-6-1-4-11-20(14)32-23)21-24-18-9-2-3-10-19(18)25-21/h1-13H,(H,24,25)(H,26,29)/b27-23-. The van der Waals surface area contributed by atoms with E-state index >= 15 is 0 Å². The van der Waals surface area contributed by atoms with Crippen molar-refractivity contribution in [1.29, 1.82) is 0 Å². The third-order valence-electron chi connectivity index (χ3n) is 4.88. The topological polar surface area (TPSA) is 126 Å². The summed E-state index contributed by atoms with van der Waals surface area (Å²) in [6, 6.07) is 22.3. The second kappa shape index (κ2) is 7.80. The van der Waals surface area contributed by atoms with Crippen molar-refractivity contribution in [3.8, 4) is 11.4 Å². The van der Waals surface area contributed by atoms with Gasteiger partial charge >= 0.3 is 0 Å². The van der Waals surface area contributed by atoms with Crippen molar-refractivity contribution in [2.24, 2.45) is 5.10 Å². The van der Waals surface area contributed by atoms with E-state index in [2.05, 4.69) is 20.5 Å². The molecular weight excluding hydrogens is 410 g/mol. The number of aromatic nitrogens is 2. The number of aromatic amines is 1. The molecule has 0 radical (unpaired) electrons. The van der Waals surface area contributed by atoms with Crippen molar-refractivity contribution in [2.45, 2.75) is 0 Å². The average molecular weight is 425 g/mol. The fraction of sp³-hybridized carbons (Fsp3) is 0. The van der Waals surface area contributed by atoms with Crippen LogP contribution in [0.15, 0.2) is 88.4 Å². The van der Waals surface area contributed by atoms with Crippen LogP contribution in [0.4, 0.5) is 5.69 Å². The number of carbonyl (C=O) groups excluding carboxylic acids is 1. The number of fused-ring (bicyclic) bond motifs is 2. The molecule has 0 spiro atoms. The van der Waals surface area contributed by atoms with Crippen LogP contribution >= 0.6 is 0 Å². The van der Waals surface area contributed by atoms with E-state index in [9.17, 15) is 14.9 Å². The molecule has 5 aromatic rings. The molecular formula is C23H15N5O4. The normalized spacial score (nSPS) is 11.7. The molecule has 9 heteroatoms. The number of non-ortho nitro benzene ring substituents is 1. The van der Waals surface area contributed by atoms with Gasteiger partial charge in [-0.1, -0.05) is 36.4 Å². The molecule has 0 saturated heterocycles. The first-order valence-electron chi connectivity index (χ1n) is 9.65. The fourth-order valence-corrected chi connectivity index (χ4v) is 3.33. The summed E-state index contributed by atoms with van der Waals surface area (Å²) in [4.78, 5) is 30.8. The Morgan fingerprint density at radius 3 is 2.69 bits per heavy atom. The van der Waals surface area contributed by atoms with E-state index in [4.69, 9.17) is 4.42 Å². The molecule has 1 amide bonds. The van der Waals surface area contributed by atoms with Crippen molar-refractivity contribution < 1.29 is 14.1 Å². The summed E-state index contributed by atoms with van der Waals surface area (Å²) in [5.74, 6) is -0.0725. The van der Waals surface area contributed by atoms with Crippen molar-refractivity contribution >= 4 is 33.6 Å². The molecule has 0 aliphatic heterocycles. The number of hydrogen-bond acceptors (Lipinski definition) is 6. The SMILES string of the molecule is O=C(N/N=c1\oc2ccccc2cc1-c1nc2ccccc2[nH]1)c1cccc([N+](=O)[O-])c1. The van der Waals surface area contributed by atoms with Crippen LogP contribution in [-0.2, 0) is 0 Å². The van der Waals surface area contributed by atoms with E-state index < -0.39 is 10.8 Å². The van der Waals surface area contributed by atoms with Crippen LogP contribution in [0.2, 0.25) is 0 Å². The minimum atomic E-state index is -0.604. The van der Waals surface area contributed by atoms with E-state index in [0.29, 0.717) is 17.0 Å². The Hall–Kier alpha value is -4.79. The zero-order valence-electron chi connectivity index (χ0n) is 16.5. The number of para-hydroxylation sites is 3. The molecule has 0 saturated carbocycles. The lowest BCUT2D eigenvalue weighted by atomic mass is 10.2. The lowest BCUT2D eigenvalue weighted by Gasteiger charge is -2.03. The van der Waals surface area contributed by atoms with Gasteiger partial charge in [-0.15, -0.1) is 5.10 Å². The van der Waals surface area contributed by atoms with E-state index in [-0.39, 0.29) is 16.8 Å². The summed E-state index contributed by atoms with van der Waals surface area (Å²) in [5, 5.41) is 16.0. The number of H-pyrrole nitrogens is 1. The zero-order valence-corrected chi connectivity index (χ0v) is 16.5. The molecule has 0 unspecified atom stereocenters. The molecule has 156 valence electrons. The molecule has 2 N–H and O–H groups in total. The number of benzene rings is 3. The van der Waals surface area contributed by atoms with Gasteiger partial charge in [0.05, 0.1) is 21.5 Å². The summed E-state index contributed by atoms with van der Waals surface area (Å²) in [6.07, 6.45) is 0. The first-order valence-corrected chi connectivity index (χ1v) is 9.65. The Morgan fingerprint density at radius 2 is 1.84 bits per heavy atom. The summed E-state index contributed by atoms with van der Waals surface area (Å²) in [7, 11) is 0. The van der Waals surface area contributed by atoms with Crippen LogP contribution in [0.25, 0.3) is 33.4 Å². The summed E-state index contributed by atoms with van der Waals surface area (Å²) in [6.45, 7) is 0. The molecule has 2 aromatic heterocycles. The number of nitro groups is 1. The summed E-state index contributed by atoms with van der Waals surface area (Å²) >= 11 is 0. The van der Waals surface area contributed by atoms with Gasteiger partial charge in [0.25, 0.3) is 11.6 Å². The second-order valence-corrected chi connectivity index (χ2v) is 6.97. The third kappa shape index (κ3) is 3.58. The van der Waals surface area contributed by atoms with Gasteiger partial charge in [-0.05, 0) is 30.3 Å².